The Morgan fingerprint density at radius 3 is 1.18 bits per heavy atom. The molecule has 0 aliphatic heterocycles. The molecule has 4 rings (SSSR count). The molecule has 0 unspecified atom stereocenters. The van der Waals surface area contributed by atoms with Crippen LogP contribution < -0.4 is 28.4 Å². The van der Waals surface area contributed by atoms with Crippen molar-refractivity contribution in [3.05, 3.63) is 35.7 Å². The van der Waals surface area contributed by atoms with Gasteiger partial charge >= 0.3 is 0 Å². The molecule has 8 heteroatoms. The molecule has 0 bridgehead atoms. The molecule has 0 spiro atoms. The van der Waals surface area contributed by atoms with Crippen LogP contribution in [0.5, 0.6) is 34.5 Å². The van der Waals surface area contributed by atoms with Gasteiger partial charge in [0, 0.05) is 5.92 Å². The van der Waals surface area contributed by atoms with Crippen LogP contribution in [0.2, 0.25) is 0 Å². The molecule has 4 aromatic rings. The highest BCUT2D eigenvalue weighted by Gasteiger charge is 2.29. The Morgan fingerprint density at radius 2 is 0.842 bits per heavy atom. The Balaban J connectivity index is 1.96. The Kier molecular flexibility index (Phi) is 8.81. The molecule has 0 amide bonds. The van der Waals surface area contributed by atoms with Gasteiger partial charge in [0.1, 0.15) is 0 Å². The number of hydrogen-bond donors (Lipinski definition) is 2. The van der Waals surface area contributed by atoms with E-state index in [0.717, 1.165) is 44.7 Å². The first kappa shape index (κ1) is 27.4. The molecule has 2 aromatic heterocycles. The summed E-state index contributed by atoms with van der Waals surface area (Å²) in [6.07, 6.45) is 0. The second-order valence-electron chi connectivity index (χ2n) is 8.69. The number of benzene rings is 2. The van der Waals surface area contributed by atoms with Crippen LogP contribution in [0.1, 0.15) is 65.8 Å². The van der Waals surface area contributed by atoms with Crippen LogP contribution in [0.4, 0.5) is 0 Å². The fourth-order valence-electron chi connectivity index (χ4n) is 4.92. The topological polar surface area (TPSA) is 87.0 Å². The van der Waals surface area contributed by atoms with Crippen LogP contribution in [-0.2, 0) is 0 Å². The molecule has 2 heterocycles. The maximum Gasteiger partial charge on any atom is 0.174 e. The van der Waals surface area contributed by atoms with Crippen molar-refractivity contribution < 1.29 is 28.4 Å². The molecule has 0 atom stereocenters. The van der Waals surface area contributed by atoms with Gasteiger partial charge in [0.05, 0.1) is 72.8 Å². The first-order valence-electron chi connectivity index (χ1n) is 13.7. The van der Waals surface area contributed by atoms with Gasteiger partial charge in [-0.1, -0.05) is 6.92 Å². The largest absolute Gasteiger partial charge is 0.491 e. The Labute approximate surface area is 224 Å². The lowest BCUT2D eigenvalue weighted by molar-refractivity contribution is 0.288. The lowest BCUT2D eigenvalue weighted by Crippen LogP contribution is -2.05. The average molecular weight is 525 g/mol. The fraction of sp³-hybridized carbons (Fsp3) is 0.467. The second-order valence-corrected chi connectivity index (χ2v) is 8.69. The molecule has 0 fully saturated rings. The van der Waals surface area contributed by atoms with Crippen molar-refractivity contribution in [3.63, 3.8) is 0 Å². The summed E-state index contributed by atoms with van der Waals surface area (Å²) in [5, 5.41) is 1.76. The van der Waals surface area contributed by atoms with Crippen molar-refractivity contribution in [1.29, 1.82) is 0 Å². The number of rotatable bonds is 14. The smallest absolute Gasteiger partial charge is 0.174 e. The minimum Gasteiger partial charge on any atom is -0.491 e. The minimum atomic E-state index is -0.132. The lowest BCUT2D eigenvalue weighted by atomic mass is 10.0. The monoisotopic (exact) mass is 524 g/mol. The van der Waals surface area contributed by atoms with Crippen LogP contribution in [-0.4, -0.2) is 49.6 Å². The zero-order valence-electron chi connectivity index (χ0n) is 23.6. The van der Waals surface area contributed by atoms with Gasteiger partial charge in [0.2, 0.25) is 0 Å². The highest BCUT2D eigenvalue weighted by atomic mass is 16.5. The maximum atomic E-state index is 6.27. The number of aromatic amines is 2. The highest BCUT2D eigenvalue weighted by Crippen LogP contribution is 2.50. The molecule has 206 valence electrons. The van der Waals surface area contributed by atoms with E-state index in [1.54, 1.807) is 0 Å². The Morgan fingerprint density at radius 1 is 0.500 bits per heavy atom. The van der Waals surface area contributed by atoms with Crippen molar-refractivity contribution in [3.8, 4) is 34.5 Å². The molecule has 2 N–H and O–H groups in total. The Hall–Kier alpha value is -3.68. The van der Waals surface area contributed by atoms with Crippen LogP contribution in [0, 0.1) is 0 Å². The molecule has 0 radical (unpaired) electrons. The zero-order chi connectivity index (χ0) is 27.2. The molecule has 0 aliphatic carbocycles. The molecule has 8 nitrogen and oxygen atoms in total. The van der Waals surface area contributed by atoms with Crippen molar-refractivity contribution in [2.75, 3.05) is 39.6 Å². The SMILES string of the molecule is CCOc1ccc2[nH]c(C(C)c3[nH]c4ccc(OCC)c(OCC)c4c3OCC)c(OCC)c2c1OCC. The molecule has 0 aliphatic rings. The van der Waals surface area contributed by atoms with Crippen molar-refractivity contribution in [1.82, 2.24) is 9.97 Å². The van der Waals surface area contributed by atoms with E-state index < -0.39 is 0 Å². The van der Waals surface area contributed by atoms with Crippen LogP contribution in [0.15, 0.2) is 24.3 Å². The first-order valence-corrected chi connectivity index (χ1v) is 13.7. The van der Waals surface area contributed by atoms with E-state index in [9.17, 15) is 0 Å². The van der Waals surface area contributed by atoms with Crippen molar-refractivity contribution in [2.45, 2.75) is 54.4 Å². The summed E-state index contributed by atoms with van der Waals surface area (Å²) < 4.78 is 36.5. The summed E-state index contributed by atoms with van der Waals surface area (Å²) >= 11 is 0. The average Bonchev–Trinajstić information content (AvgIpc) is 3.46. The van der Waals surface area contributed by atoms with Gasteiger partial charge < -0.3 is 38.4 Å². The summed E-state index contributed by atoms with van der Waals surface area (Å²) in [6.45, 7) is 17.1. The van der Waals surface area contributed by atoms with Gasteiger partial charge in [-0.2, -0.15) is 0 Å². The third-order valence-electron chi connectivity index (χ3n) is 6.35. The van der Waals surface area contributed by atoms with E-state index in [1.807, 2.05) is 65.8 Å². The highest BCUT2D eigenvalue weighted by molar-refractivity contribution is 5.98. The standard InChI is InChI=1S/C30H40N2O6/c1-8-33-21-16-14-19-23(27(21)35-10-3)29(37-12-5)25(31-19)18(7)26-30(38-13-6)24-20(32-26)15-17-22(34-9-2)28(24)36-11-4/h14-18,31-32H,8-13H2,1-7H3. The minimum absolute atomic E-state index is 0.132. The van der Waals surface area contributed by atoms with Crippen molar-refractivity contribution >= 4 is 21.8 Å². The fourth-order valence-corrected chi connectivity index (χ4v) is 4.92. The molecule has 38 heavy (non-hydrogen) atoms. The van der Waals surface area contributed by atoms with E-state index in [2.05, 4.69) is 16.9 Å². The first-order chi connectivity index (χ1) is 18.5. The Bertz CT molecular complexity index is 1270. The molecule has 0 saturated heterocycles. The summed E-state index contributed by atoms with van der Waals surface area (Å²) in [4.78, 5) is 7.22. The third kappa shape index (κ3) is 4.91. The zero-order valence-corrected chi connectivity index (χ0v) is 23.6. The van der Waals surface area contributed by atoms with Crippen LogP contribution in [0.3, 0.4) is 0 Å². The predicted octanol–water partition coefficient (Wildman–Crippen LogP) is 7.19. The summed E-state index contributed by atoms with van der Waals surface area (Å²) in [5.74, 6) is 4.14. The number of hydrogen-bond acceptors (Lipinski definition) is 6. The number of aromatic nitrogens is 2. The quantitative estimate of drug-likeness (QED) is 0.181. The number of ether oxygens (including phenoxy) is 6. The van der Waals surface area contributed by atoms with E-state index in [1.165, 1.54) is 0 Å². The summed E-state index contributed by atoms with van der Waals surface area (Å²) in [6, 6.07) is 7.90. The molecule has 0 saturated carbocycles. The third-order valence-corrected chi connectivity index (χ3v) is 6.35. The van der Waals surface area contributed by atoms with E-state index in [4.69, 9.17) is 28.4 Å². The van der Waals surface area contributed by atoms with Gasteiger partial charge in [-0.3, -0.25) is 0 Å². The van der Waals surface area contributed by atoms with E-state index >= 15 is 0 Å². The van der Waals surface area contributed by atoms with Gasteiger partial charge in [-0.15, -0.1) is 0 Å². The lowest BCUT2D eigenvalue weighted by Gasteiger charge is -2.16. The number of fused-ring (bicyclic) bond motifs is 2. The predicted molar refractivity (Wildman–Crippen MR) is 151 cm³/mol. The van der Waals surface area contributed by atoms with Crippen LogP contribution in [0.25, 0.3) is 21.8 Å². The number of H-pyrrole nitrogens is 2. The molecular formula is C30H40N2O6. The molecular weight excluding hydrogens is 484 g/mol. The van der Waals surface area contributed by atoms with Crippen molar-refractivity contribution in [2.24, 2.45) is 0 Å². The molecule has 2 aromatic carbocycles. The van der Waals surface area contributed by atoms with Gasteiger partial charge in [0.25, 0.3) is 0 Å². The van der Waals surface area contributed by atoms with Gasteiger partial charge in [-0.05, 0) is 65.8 Å². The van der Waals surface area contributed by atoms with Crippen LogP contribution >= 0.6 is 0 Å². The van der Waals surface area contributed by atoms with E-state index in [-0.39, 0.29) is 5.92 Å². The maximum absolute atomic E-state index is 6.27. The second kappa shape index (κ2) is 12.2. The van der Waals surface area contributed by atoms with E-state index in [0.29, 0.717) is 62.6 Å². The van der Waals surface area contributed by atoms with Gasteiger partial charge in [0.15, 0.2) is 34.5 Å². The summed E-state index contributed by atoms with van der Waals surface area (Å²) in [7, 11) is 0. The van der Waals surface area contributed by atoms with Gasteiger partial charge in [-0.25, -0.2) is 0 Å². The number of nitrogens with one attached hydrogen (secondary N) is 2. The summed E-state index contributed by atoms with van der Waals surface area (Å²) in [5.41, 5.74) is 3.69. The normalized spacial score (nSPS) is 11.4.